The van der Waals surface area contributed by atoms with E-state index in [0.29, 0.717) is 24.6 Å². The van der Waals surface area contributed by atoms with Gasteiger partial charge in [0.05, 0.1) is 30.4 Å². The van der Waals surface area contributed by atoms with Gasteiger partial charge >= 0.3 is 5.97 Å². The van der Waals surface area contributed by atoms with E-state index < -0.39 is 18.1 Å². The van der Waals surface area contributed by atoms with E-state index in [-0.39, 0.29) is 11.5 Å². The summed E-state index contributed by atoms with van der Waals surface area (Å²) in [4.78, 5) is 29.8. The van der Waals surface area contributed by atoms with Crippen LogP contribution in [0.4, 0.5) is 0 Å². The Morgan fingerprint density at radius 1 is 1.29 bits per heavy atom. The molecule has 0 aliphatic carbocycles. The summed E-state index contributed by atoms with van der Waals surface area (Å²) in [6, 6.07) is 7.15. The van der Waals surface area contributed by atoms with Crippen molar-refractivity contribution in [3.05, 3.63) is 51.9 Å². The number of aliphatic hydroxyl groups is 1. The summed E-state index contributed by atoms with van der Waals surface area (Å²) in [6.45, 7) is 10.3. The second-order valence-corrected chi connectivity index (χ2v) is 10.9. The molecular formula is C29H40N4O5. The molecule has 3 atom stereocenters. The summed E-state index contributed by atoms with van der Waals surface area (Å²) >= 11 is 0. The molecule has 4 rings (SSSR count). The van der Waals surface area contributed by atoms with Crippen molar-refractivity contribution in [2.45, 2.75) is 65.8 Å². The smallest absolute Gasteiger partial charge is 0.325 e. The summed E-state index contributed by atoms with van der Waals surface area (Å²) in [5.74, 6) is 0.962. The number of carbonyl (C=O) groups is 1. The number of aryl methyl sites for hydroxylation is 2. The van der Waals surface area contributed by atoms with Crippen LogP contribution in [0.2, 0.25) is 0 Å². The van der Waals surface area contributed by atoms with Gasteiger partial charge in [0.15, 0.2) is 0 Å². The Hall–Kier alpha value is -3.01. The average Bonchev–Trinajstić information content (AvgIpc) is 3.23. The average molecular weight is 525 g/mol. The number of aromatic nitrogens is 3. The van der Waals surface area contributed by atoms with Gasteiger partial charge in [-0.25, -0.2) is 4.98 Å². The molecule has 0 radical (unpaired) electrons. The molecule has 0 saturated carbocycles. The number of pyridine rings is 1. The molecule has 0 bridgehead atoms. The molecule has 0 amide bonds. The van der Waals surface area contributed by atoms with Crippen LogP contribution in [0.5, 0.6) is 0 Å². The Morgan fingerprint density at radius 2 is 2.08 bits per heavy atom. The summed E-state index contributed by atoms with van der Waals surface area (Å²) in [7, 11) is 1.76. The maximum Gasteiger partial charge on any atom is 0.325 e. The van der Waals surface area contributed by atoms with Gasteiger partial charge < -0.3 is 23.7 Å². The maximum atomic E-state index is 12.5. The predicted molar refractivity (Wildman–Crippen MR) is 147 cm³/mol. The number of benzene rings is 1. The van der Waals surface area contributed by atoms with E-state index in [0.717, 1.165) is 60.6 Å². The van der Waals surface area contributed by atoms with Gasteiger partial charge in [-0.1, -0.05) is 19.9 Å². The highest BCUT2D eigenvalue weighted by molar-refractivity contribution is 5.81. The monoisotopic (exact) mass is 524 g/mol. The lowest BCUT2D eigenvalue weighted by Gasteiger charge is -2.23. The maximum absolute atomic E-state index is 12.5. The van der Waals surface area contributed by atoms with Crippen LogP contribution >= 0.6 is 0 Å². The standard InChI is InChI=1S/C29H40N4O5/c1-18(2)16-38-29(36)26(20(4)34)30-13-21-8-9-25-24(12-21)31-27(23-11-19(3)28(35)32(5)15-23)33(25)14-22-7-6-10-37-17-22/h8-9,11-12,15,18,20,22,26,30,34H,6-7,10,13-14,16-17H2,1-5H3/t20?,22-,26?/m1/s1. The topological polar surface area (TPSA) is 108 Å². The first kappa shape index (κ1) is 28.0. The van der Waals surface area contributed by atoms with E-state index in [1.165, 1.54) is 0 Å². The fourth-order valence-corrected chi connectivity index (χ4v) is 4.92. The molecule has 206 valence electrons. The molecule has 2 N–H and O–H groups in total. The second kappa shape index (κ2) is 12.2. The van der Waals surface area contributed by atoms with Crippen LogP contribution in [0.15, 0.2) is 35.3 Å². The molecule has 38 heavy (non-hydrogen) atoms. The quantitative estimate of drug-likeness (QED) is 0.392. The van der Waals surface area contributed by atoms with Gasteiger partial charge in [-0.2, -0.15) is 0 Å². The summed E-state index contributed by atoms with van der Waals surface area (Å²) in [5, 5.41) is 13.3. The van der Waals surface area contributed by atoms with Crippen LogP contribution in [0.1, 0.15) is 44.7 Å². The summed E-state index contributed by atoms with van der Waals surface area (Å²) in [5.41, 5.74) is 4.31. The Labute approximate surface area is 223 Å². The van der Waals surface area contributed by atoms with Crippen molar-refractivity contribution in [3.63, 3.8) is 0 Å². The van der Waals surface area contributed by atoms with Gasteiger partial charge in [-0.15, -0.1) is 0 Å². The van der Waals surface area contributed by atoms with Crippen molar-refractivity contribution >= 4 is 17.0 Å². The van der Waals surface area contributed by atoms with Crippen LogP contribution < -0.4 is 10.9 Å². The number of esters is 1. The van der Waals surface area contributed by atoms with E-state index in [1.807, 2.05) is 45.2 Å². The predicted octanol–water partition coefficient (Wildman–Crippen LogP) is 3.18. The highest BCUT2D eigenvalue weighted by atomic mass is 16.5. The molecule has 3 heterocycles. The Morgan fingerprint density at radius 3 is 2.74 bits per heavy atom. The Kier molecular flexibility index (Phi) is 9.02. The van der Waals surface area contributed by atoms with Crippen LogP contribution in [0.3, 0.4) is 0 Å². The zero-order valence-electron chi connectivity index (χ0n) is 23.1. The first-order valence-corrected chi connectivity index (χ1v) is 13.5. The number of carbonyl (C=O) groups excluding carboxylic acids is 1. The van der Waals surface area contributed by atoms with E-state index in [9.17, 15) is 14.7 Å². The van der Waals surface area contributed by atoms with Crippen LogP contribution in [-0.4, -0.2) is 57.2 Å². The lowest BCUT2D eigenvalue weighted by molar-refractivity contribution is -0.150. The molecule has 1 fully saturated rings. The number of imidazole rings is 1. The minimum Gasteiger partial charge on any atom is -0.464 e. The Balaban J connectivity index is 1.64. The molecule has 9 heteroatoms. The molecule has 2 unspecified atom stereocenters. The van der Waals surface area contributed by atoms with Gasteiger partial charge in [-0.05, 0) is 56.4 Å². The number of aliphatic hydroxyl groups excluding tert-OH is 1. The largest absolute Gasteiger partial charge is 0.464 e. The molecule has 2 aromatic heterocycles. The van der Waals surface area contributed by atoms with E-state index >= 15 is 0 Å². The first-order chi connectivity index (χ1) is 18.1. The first-order valence-electron chi connectivity index (χ1n) is 13.5. The van der Waals surface area contributed by atoms with E-state index in [4.69, 9.17) is 14.5 Å². The number of ether oxygens (including phenoxy) is 2. The number of nitrogens with one attached hydrogen (secondary N) is 1. The second-order valence-electron chi connectivity index (χ2n) is 10.9. The van der Waals surface area contributed by atoms with Gasteiger partial charge in [0.1, 0.15) is 11.9 Å². The number of hydrogen-bond donors (Lipinski definition) is 2. The molecule has 1 aromatic carbocycles. The van der Waals surface area contributed by atoms with E-state index in [2.05, 4.69) is 16.0 Å². The summed E-state index contributed by atoms with van der Waals surface area (Å²) in [6.07, 6.45) is 3.09. The van der Waals surface area contributed by atoms with E-state index in [1.54, 1.807) is 18.5 Å². The van der Waals surface area contributed by atoms with Crippen molar-refractivity contribution in [2.24, 2.45) is 18.9 Å². The van der Waals surface area contributed by atoms with Gasteiger partial charge in [0.2, 0.25) is 0 Å². The highest BCUT2D eigenvalue weighted by Crippen LogP contribution is 2.28. The molecule has 1 aliphatic heterocycles. The lowest BCUT2D eigenvalue weighted by atomic mass is 10.0. The van der Waals surface area contributed by atoms with Crippen molar-refractivity contribution < 1.29 is 19.4 Å². The van der Waals surface area contributed by atoms with Crippen LogP contribution in [-0.2, 0) is 34.4 Å². The van der Waals surface area contributed by atoms with Crippen molar-refractivity contribution in [1.82, 2.24) is 19.4 Å². The zero-order valence-corrected chi connectivity index (χ0v) is 23.1. The fraction of sp³-hybridized carbons (Fsp3) is 0.552. The third-order valence-electron chi connectivity index (χ3n) is 6.95. The van der Waals surface area contributed by atoms with Crippen molar-refractivity contribution in [1.29, 1.82) is 0 Å². The van der Waals surface area contributed by atoms with Gasteiger partial charge in [0.25, 0.3) is 5.56 Å². The highest BCUT2D eigenvalue weighted by Gasteiger charge is 2.25. The molecular weight excluding hydrogens is 484 g/mol. The molecule has 0 spiro atoms. The molecule has 9 nitrogen and oxygen atoms in total. The van der Waals surface area contributed by atoms with Crippen LogP contribution in [0, 0.1) is 18.8 Å². The third kappa shape index (κ3) is 6.51. The normalized spacial score (nSPS) is 17.6. The van der Waals surface area contributed by atoms with Gasteiger partial charge in [-0.3, -0.25) is 14.9 Å². The van der Waals surface area contributed by atoms with Crippen molar-refractivity contribution in [2.75, 3.05) is 19.8 Å². The number of hydrogen-bond acceptors (Lipinski definition) is 7. The number of nitrogens with zero attached hydrogens (tertiary/aromatic N) is 3. The Bertz CT molecular complexity index is 1290. The van der Waals surface area contributed by atoms with Crippen molar-refractivity contribution in [3.8, 4) is 11.4 Å². The zero-order chi connectivity index (χ0) is 27.4. The molecule has 3 aromatic rings. The SMILES string of the molecule is Cc1cc(-c2nc3cc(CNC(C(=O)OCC(C)C)C(C)O)ccc3n2C[C@H]2CCCOC2)cn(C)c1=O. The molecule has 1 saturated heterocycles. The molecule has 1 aliphatic rings. The number of fused-ring (bicyclic) bond motifs is 1. The minimum atomic E-state index is -0.894. The van der Waals surface area contributed by atoms with Gasteiger partial charge in [0, 0.05) is 50.0 Å². The van der Waals surface area contributed by atoms with Crippen LogP contribution in [0.25, 0.3) is 22.4 Å². The summed E-state index contributed by atoms with van der Waals surface area (Å²) < 4.78 is 14.9. The number of rotatable bonds is 10. The fourth-order valence-electron chi connectivity index (χ4n) is 4.92. The minimum absolute atomic E-state index is 0.0231. The lowest BCUT2D eigenvalue weighted by Crippen LogP contribution is -2.45. The third-order valence-corrected chi connectivity index (χ3v) is 6.95.